The number of halogens is 2. The molecule has 7 heteroatoms. The van der Waals surface area contributed by atoms with Crippen molar-refractivity contribution < 1.29 is 14.3 Å². The number of benzene rings is 2. The summed E-state index contributed by atoms with van der Waals surface area (Å²) in [6, 6.07) is 12.8. The molecule has 0 radical (unpaired) electrons. The Balaban J connectivity index is 2.34. The van der Waals surface area contributed by atoms with Crippen LogP contribution in [0.1, 0.15) is 12.5 Å². The number of carbonyl (C=O) groups excluding carboxylic acids is 1. The summed E-state index contributed by atoms with van der Waals surface area (Å²) >= 11 is 5.56. The Morgan fingerprint density at radius 1 is 1.38 bits per heavy atom. The zero-order valence-electron chi connectivity index (χ0n) is 14.2. The molecule has 2 rings (SSSR count). The molecule has 0 aliphatic carbocycles. The molecule has 0 heterocycles. The Kier molecular flexibility index (Phi) is 7.48. The molecular weight excluding hydrogens is 511 g/mol. The highest BCUT2D eigenvalue weighted by Gasteiger charge is 2.14. The van der Waals surface area contributed by atoms with Crippen LogP contribution >= 0.6 is 38.5 Å². The van der Waals surface area contributed by atoms with Crippen LogP contribution in [0.25, 0.3) is 6.08 Å². The molecular formula is C19H16BrIN2O3. The summed E-state index contributed by atoms with van der Waals surface area (Å²) in [6.45, 7) is 2.37. The number of hydrogen-bond acceptors (Lipinski definition) is 4. The second kappa shape index (κ2) is 9.59. The van der Waals surface area contributed by atoms with E-state index in [1.54, 1.807) is 18.2 Å². The first-order valence-corrected chi connectivity index (χ1v) is 9.55. The monoisotopic (exact) mass is 526 g/mol. The van der Waals surface area contributed by atoms with Crippen molar-refractivity contribution >= 4 is 56.2 Å². The van der Waals surface area contributed by atoms with Gasteiger partial charge >= 0.3 is 0 Å². The Hall–Kier alpha value is -2.05. The summed E-state index contributed by atoms with van der Waals surface area (Å²) in [7, 11) is 1.53. The van der Waals surface area contributed by atoms with Crippen LogP contribution in [0.4, 0.5) is 5.69 Å². The molecule has 2 aromatic rings. The Morgan fingerprint density at radius 2 is 2.12 bits per heavy atom. The molecule has 1 N–H and O–H groups in total. The number of nitrogens with one attached hydrogen (secondary N) is 1. The number of anilines is 1. The van der Waals surface area contributed by atoms with Gasteiger partial charge in [0.15, 0.2) is 11.5 Å². The lowest BCUT2D eigenvalue weighted by atomic mass is 10.1. The van der Waals surface area contributed by atoms with E-state index in [1.807, 2.05) is 31.2 Å². The summed E-state index contributed by atoms with van der Waals surface area (Å²) in [5, 5.41) is 12.1. The SMILES string of the molecule is CCOc1c(Br)cc(C=C(C#N)C(=O)Nc2ccccc2I)cc1OC. The number of para-hydroxylation sites is 1. The minimum atomic E-state index is -0.472. The first-order valence-electron chi connectivity index (χ1n) is 7.68. The Morgan fingerprint density at radius 3 is 2.73 bits per heavy atom. The van der Waals surface area contributed by atoms with E-state index >= 15 is 0 Å². The van der Waals surface area contributed by atoms with Crippen LogP contribution in [-0.2, 0) is 4.79 Å². The summed E-state index contributed by atoms with van der Waals surface area (Å²) in [6.07, 6.45) is 1.51. The molecule has 2 aromatic carbocycles. The van der Waals surface area contributed by atoms with Gasteiger partial charge in [0.2, 0.25) is 0 Å². The number of methoxy groups -OCH3 is 1. The van der Waals surface area contributed by atoms with Crippen LogP contribution in [-0.4, -0.2) is 19.6 Å². The maximum atomic E-state index is 12.4. The van der Waals surface area contributed by atoms with Crippen molar-refractivity contribution in [1.82, 2.24) is 0 Å². The van der Waals surface area contributed by atoms with Crippen molar-refractivity contribution in [1.29, 1.82) is 5.26 Å². The topological polar surface area (TPSA) is 71.3 Å². The summed E-state index contributed by atoms with van der Waals surface area (Å²) in [5.41, 5.74) is 1.29. The maximum absolute atomic E-state index is 12.4. The molecule has 0 saturated heterocycles. The molecule has 0 atom stereocenters. The van der Waals surface area contributed by atoms with E-state index in [-0.39, 0.29) is 5.57 Å². The predicted molar refractivity (Wildman–Crippen MR) is 113 cm³/mol. The van der Waals surface area contributed by atoms with Gasteiger partial charge in [0.05, 0.1) is 23.9 Å². The third kappa shape index (κ3) is 4.99. The lowest BCUT2D eigenvalue weighted by Gasteiger charge is -2.12. The second-order valence-electron chi connectivity index (χ2n) is 5.07. The molecule has 0 fully saturated rings. The Bertz CT molecular complexity index is 891. The van der Waals surface area contributed by atoms with E-state index in [2.05, 4.69) is 43.8 Å². The molecule has 0 bridgehead atoms. The van der Waals surface area contributed by atoms with Crippen LogP contribution in [0.3, 0.4) is 0 Å². The van der Waals surface area contributed by atoms with Crippen molar-refractivity contribution in [3.05, 3.63) is 55.6 Å². The highest BCUT2D eigenvalue weighted by Crippen LogP contribution is 2.37. The lowest BCUT2D eigenvalue weighted by molar-refractivity contribution is -0.112. The lowest BCUT2D eigenvalue weighted by Crippen LogP contribution is -2.14. The van der Waals surface area contributed by atoms with Crippen LogP contribution in [0, 0.1) is 14.9 Å². The van der Waals surface area contributed by atoms with Gasteiger partial charge in [-0.2, -0.15) is 5.26 Å². The number of ether oxygens (including phenoxy) is 2. The van der Waals surface area contributed by atoms with Crippen LogP contribution in [0.15, 0.2) is 46.4 Å². The number of nitrogens with zero attached hydrogens (tertiary/aromatic N) is 1. The fourth-order valence-corrected chi connectivity index (χ4v) is 3.27. The van der Waals surface area contributed by atoms with Gasteiger partial charge in [-0.25, -0.2) is 0 Å². The van der Waals surface area contributed by atoms with Gasteiger partial charge in [-0.1, -0.05) is 12.1 Å². The molecule has 0 spiro atoms. The van der Waals surface area contributed by atoms with E-state index in [0.717, 1.165) is 3.57 Å². The van der Waals surface area contributed by atoms with Gasteiger partial charge in [-0.15, -0.1) is 0 Å². The van der Waals surface area contributed by atoms with E-state index in [0.29, 0.717) is 33.8 Å². The van der Waals surface area contributed by atoms with Gasteiger partial charge in [0.25, 0.3) is 5.91 Å². The van der Waals surface area contributed by atoms with Gasteiger partial charge in [0.1, 0.15) is 11.6 Å². The molecule has 26 heavy (non-hydrogen) atoms. The number of carbonyl (C=O) groups is 1. The van der Waals surface area contributed by atoms with Gasteiger partial charge < -0.3 is 14.8 Å². The smallest absolute Gasteiger partial charge is 0.266 e. The molecule has 5 nitrogen and oxygen atoms in total. The van der Waals surface area contributed by atoms with E-state index in [9.17, 15) is 10.1 Å². The van der Waals surface area contributed by atoms with Crippen molar-refractivity contribution in [3.8, 4) is 17.6 Å². The standard InChI is InChI=1S/C19H16BrIN2O3/c1-3-26-18-14(20)9-12(10-17(18)25-2)8-13(11-22)19(24)23-16-7-5-4-6-15(16)21/h4-10H,3H2,1-2H3,(H,23,24). The van der Waals surface area contributed by atoms with Crippen molar-refractivity contribution in [2.75, 3.05) is 19.0 Å². The molecule has 1 amide bonds. The highest BCUT2D eigenvalue weighted by molar-refractivity contribution is 14.1. The predicted octanol–water partition coefficient (Wildman–Crippen LogP) is 5.01. The van der Waals surface area contributed by atoms with Gasteiger partial charge in [0, 0.05) is 3.57 Å². The van der Waals surface area contributed by atoms with Gasteiger partial charge in [-0.3, -0.25) is 4.79 Å². The summed E-state index contributed by atoms with van der Waals surface area (Å²) in [4.78, 5) is 12.4. The molecule has 0 aliphatic heterocycles. The number of hydrogen-bond donors (Lipinski definition) is 1. The molecule has 0 saturated carbocycles. The van der Waals surface area contributed by atoms with Crippen molar-refractivity contribution in [3.63, 3.8) is 0 Å². The van der Waals surface area contributed by atoms with E-state index < -0.39 is 5.91 Å². The third-order valence-electron chi connectivity index (χ3n) is 3.34. The fourth-order valence-electron chi connectivity index (χ4n) is 2.18. The fraction of sp³-hybridized carbons (Fsp3) is 0.158. The first kappa shape index (κ1) is 20.3. The summed E-state index contributed by atoms with van der Waals surface area (Å²) in [5.74, 6) is 0.623. The van der Waals surface area contributed by atoms with E-state index in [4.69, 9.17) is 9.47 Å². The quantitative estimate of drug-likeness (QED) is 0.326. The average Bonchev–Trinajstić information content (AvgIpc) is 2.63. The average molecular weight is 527 g/mol. The zero-order valence-corrected chi connectivity index (χ0v) is 17.9. The van der Waals surface area contributed by atoms with Crippen LogP contribution in [0.2, 0.25) is 0 Å². The van der Waals surface area contributed by atoms with Crippen molar-refractivity contribution in [2.45, 2.75) is 6.92 Å². The molecule has 0 aliphatic rings. The highest BCUT2D eigenvalue weighted by atomic mass is 127. The molecule has 0 aromatic heterocycles. The Labute approximate surface area is 174 Å². The third-order valence-corrected chi connectivity index (χ3v) is 4.87. The first-order chi connectivity index (χ1) is 12.5. The normalized spacial score (nSPS) is 10.8. The maximum Gasteiger partial charge on any atom is 0.266 e. The summed E-state index contributed by atoms with van der Waals surface area (Å²) < 4.78 is 12.5. The zero-order chi connectivity index (χ0) is 19.1. The van der Waals surface area contributed by atoms with Crippen molar-refractivity contribution in [2.24, 2.45) is 0 Å². The number of nitriles is 1. The minimum Gasteiger partial charge on any atom is -0.493 e. The van der Waals surface area contributed by atoms with E-state index in [1.165, 1.54) is 13.2 Å². The minimum absolute atomic E-state index is 0.0113. The molecule has 134 valence electrons. The second-order valence-corrected chi connectivity index (χ2v) is 7.09. The van der Waals surface area contributed by atoms with Crippen LogP contribution < -0.4 is 14.8 Å². The van der Waals surface area contributed by atoms with Gasteiger partial charge in [-0.05, 0) is 81.3 Å². The number of amides is 1. The molecule has 0 unspecified atom stereocenters. The van der Waals surface area contributed by atoms with Crippen LogP contribution in [0.5, 0.6) is 11.5 Å². The largest absolute Gasteiger partial charge is 0.493 e. The number of rotatable bonds is 6.